The molecule has 10 heteroatoms. The molecule has 0 aliphatic rings. The molecular weight excluding hydrogens is 263 g/mol. The van der Waals surface area contributed by atoms with E-state index in [0.717, 1.165) is 17.1 Å². The smallest absolute Gasteiger partial charge is 0.282 e. The number of nitrogens with zero attached hydrogens (tertiary/aromatic N) is 3. The van der Waals surface area contributed by atoms with Crippen molar-refractivity contribution >= 4 is 15.6 Å². The highest BCUT2D eigenvalue weighted by molar-refractivity contribution is 7.90. The maximum Gasteiger partial charge on any atom is 0.456 e. The number of halogens is 3. The zero-order valence-electron chi connectivity index (χ0n) is 8.60. The normalized spacial score (nSPS) is 12.7. The lowest BCUT2D eigenvalue weighted by Crippen LogP contribution is -2.23. The van der Waals surface area contributed by atoms with Gasteiger partial charge in [0.15, 0.2) is 5.69 Å². The standard InChI is InChI=1S/C7H8F3N3O3S/c1-17(15,16)3-2-13-4-5(11-12-13)6(14)7(8,9)10/h4H,2-3H2,1H3. The van der Waals surface area contributed by atoms with Crippen LogP contribution in [-0.2, 0) is 16.4 Å². The fourth-order valence-electron chi connectivity index (χ4n) is 0.916. The second-order valence-corrected chi connectivity index (χ2v) is 5.58. The van der Waals surface area contributed by atoms with Crippen LogP contribution in [0.15, 0.2) is 6.20 Å². The van der Waals surface area contributed by atoms with Crippen LogP contribution in [0.25, 0.3) is 0 Å². The van der Waals surface area contributed by atoms with Crippen LogP contribution in [0, 0.1) is 0 Å². The summed E-state index contributed by atoms with van der Waals surface area (Å²) in [7, 11) is -3.26. The molecule has 6 nitrogen and oxygen atoms in total. The van der Waals surface area contributed by atoms with Gasteiger partial charge in [0.05, 0.1) is 18.5 Å². The zero-order valence-corrected chi connectivity index (χ0v) is 9.42. The van der Waals surface area contributed by atoms with Crippen molar-refractivity contribution in [2.24, 2.45) is 0 Å². The Morgan fingerprint density at radius 1 is 1.47 bits per heavy atom. The van der Waals surface area contributed by atoms with Crippen molar-refractivity contribution in [1.29, 1.82) is 0 Å². The lowest BCUT2D eigenvalue weighted by atomic mass is 10.3. The summed E-state index contributed by atoms with van der Waals surface area (Å²) in [6.45, 7) is -0.156. The number of carbonyl (C=O) groups is 1. The molecule has 0 fully saturated rings. The molecule has 17 heavy (non-hydrogen) atoms. The Labute approximate surface area is 94.3 Å². The first-order chi connectivity index (χ1) is 7.59. The number of hydrogen-bond acceptors (Lipinski definition) is 5. The summed E-state index contributed by atoms with van der Waals surface area (Å²) in [5.74, 6) is -2.40. The summed E-state index contributed by atoms with van der Waals surface area (Å²) in [6.07, 6.45) is -3.27. The molecule has 0 unspecified atom stereocenters. The highest BCUT2D eigenvalue weighted by atomic mass is 32.2. The zero-order chi connectivity index (χ0) is 13.3. The molecule has 0 saturated heterocycles. The van der Waals surface area contributed by atoms with E-state index in [1.165, 1.54) is 0 Å². The minimum absolute atomic E-state index is 0.156. The molecule has 1 rings (SSSR count). The van der Waals surface area contributed by atoms with Gasteiger partial charge in [0.1, 0.15) is 9.84 Å². The van der Waals surface area contributed by atoms with Crippen molar-refractivity contribution in [3.05, 3.63) is 11.9 Å². The number of alkyl halides is 3. The molecule has 0 aliphatic carbocycles. The number of ketones is 1. The third-order valence-corrected chi connectivity index (χ3v) is 2.64. The Bertz CT molecular complexity index is 520. The molecule has 0 radical (unpaired) electrons. The van der Waals surface area contributed by atoms with E-state index in [0.29, 0.717) is 0 Å². The van der Waals surface area contributed by atoms with Crippen LogP contribution >= 0.6 is 0 Å². The number of Topliss-reactive ketones (excluding diaryl/α,β-unsaturated/α-hetero) is 1. The van der Waals surface area contributed by atoms with Crippen molar-refractivity contribution in [3.63, 3.8) is 0 Å². The minimum Gasteiger partial charge on any atom is -0.282 e. The minimum atomic E-state index is -5.02. The van der Waals surface area contributed by atoms with E-state index in [-0.39, 0.29) is 12.3 Å². The molecule has 0 atom stereocenters. The molecular formula is C7H8F3N3O3S. The number of rotatable bonds is 4. The van der Waals surface area contributed by atoms with E-state index in [1.807, 2.05) is 0 Å². The SMILES string of the molecule is CS(=O)(=O)CCn1cc(C(=O)C(F)(F)F)nn1. The molecule has 1 aromatic heterocycles. The predicted molar refractivity (Wildman–Crippen MR) is 50.1 cm³/mol. The number of carbonyl (C=O) groups excluding carboxylic acids is 1. The van der Waals surface area contributed by atoms with E-state index in [1.54, 1.807) is 0 Å². The first-order valence-corrected chi connectivity index (χ1v) is 6.35. The Kier molecular flexibility index (Phi) is 3.55. The van der Waals surface area contributed by atoms with Crippen LogP contribution in [0.4, 0.5) is 13.2 Å². The number of aryl methyl sites for hydroxylation is 1. The maximum atomic E-state index is 12.0. The average molecular weight is 271 g/mol. The van der Waals surface area contributed by atoms with Crippen molar-refractivity contribution in [3.8, 4) is 0 Å². The molecule has 0 bridgehead atoms. The van der Waals surface area contributed by atoms with Crippen LogP contribution in [0.3, 0.4) is 0 Å². The number of sulfone groups is 1. The predicted octanol–water partition coefficient (Wildman–Crippen LogP) is 0.0677. The monoisotopic (exact) mass is 271 g/mol. The molecule has 0 spiro atoms. The summed E-state index contributed by atoms with van der Waals surface area (Å²) in [5, 5.41) is 6.27. The van der Waals surface area contributed by atoms with Gasteiger partial charge in [0, 0.05) is 6.26 Å². The summed E-state index contributed by atoms with van der Waals surface area (Å²) < 4.78 is 58.5. The Balaban J connectivity index is 2.76. The molecule has 1 aromatic rings. The third kappa shape index (κ3) is 4.13. The molecule has 1 heterocycles. The Morgan fingerprint density at radius 2 is 2.06 bits per heavy atom. The van der Waals surface area contributed by atoms with Gasteiger partial charge in [-0.1, -0.05) is 5.21 Å². The molecule has 96 valence electrons. The van der Waals surface area contributed by atoms with E-state index in [9.17, 15) is 26.4 Å². The van der Waals surface area contributed by atoms with Gasteiger partial charge in [-0.15, -0.1) is 5.10 Å². The van der Waals surface area contributed by atoms with E-state index < -0.39 is 27.5 Å². The lowest BCUT2D eigenvalue weighted by Gasteiger charge is -2.00. The molecule has 0 aromatic carbocycles. The average Bonchev–Trinajstić information content (AvgIpc) is 2.59. The number of aromatic nitrogens is 3. The fraction of sp³-hybridized carbons (Fsp3) is 0.571. The quantitative estimate of drug-likeness (QED) is 0.724. The van der Waals surface area contributed by atoms with E-state index in [2.05, 4.69) is 10.3 Å². The van der Waals surface area contributed by atoms with Gasteiger partial charge in [0.25, 0.3) is 5.78 Å². The van der Waals surface area contributed by atoms with Crippen molar-refractivity contribution in [2.45, 2.75) is 12.7 Å². The van der Waals surface area contributed by atoms with Gasteiger partial charge in [-0.25, -0.2) is 8.42 Å². The third-order valence-electron chi connectivity index (χ3n) is 1.72. The van der Waals surface area contributed by atoms with E-state index >= 15 is 0 Å². The highest BCUT2D eigenvalue weighted by Gasteiger charge is 2.41. The summed E-state index contributed by atoms with van der Waals surface area (Å²) in [5.41, 5.74) is -0.856. The van der Waals surface area contributed by atoms with E-state index in [4.69, 9.17) is 0 Å². The van der Waals surface area contributed by atoms with Gasteiger partial charge in [-0.2, -0.15) is 13.2 Å². The second kappa shape index (κ2) is 4.43. The molecule has 0 saturated carbocycles. The maximum absolute atomic E-state index is 12.0. The highest BCUT2D eigenvalue weighted by Crippen LogP contribution is 2.19. The summed E-state index contributed by atoms with van der Waals surface area (Å²) in [6, 6.07) is 0. The van der Waals surface area contributed by atoms with Gasteiger partial charge in [-0.05, 0) is 0 Å². The molecule has 0 aliphatic heterocycles. The van der Waals surface area contributed by atoms with Crippen molar-refractivity contribution in [2.75, 3.05) is 12.0 Å². The van der Waals surface area contributed by atoms with Crippen LogP contribution < -0.4 is 0 Å². The Hall–Kier alpha value is -1.45. The van der Waals surface area contributed by atoms with Gasteiger partial charge < -0.3 is 0 Å². The molecule has 0 amide bonds. The second-order valence-electron chi connectivity index (χ2n) is 3.32. The van der Waals surface area contributed by atoms with Crippen LogP contribution in [0.5, 0.6) is 0 Å². The lowest BCUT2D eigenvalue weighted by molar-refractivity contribution is -0.0888. The van der Waals surface area contributed by atoms with Crippen molar-refractivity contribution < 1.29 is 26.4 Å². The van der Waals surface area contributed by atoms with Gasteiger partial charge >= 0.3 is 6.18 Å². The van der Waals surface area contributed by atoms with Crippen LogP contribution in [-0.4, -0.2) is 47.4 Å². The fourth-order valence-corrected chi connectivity index (χ4v) is 1.44. The molecule has 0 N–H and O–H groups in total. The van der Waals surface area contributed by atoms with Crippen LogP contribution in [0.2, 0.25) is 0 Å². The largest absolute Gasteiger partial charge is 0.456 e. The topological polar surface area (TPSA) is 81.9 Å². The first kappa shape index (κ1) is 13.6. The Morgan fingerprint density at radius 3 is 2.53 bits per heavy atom. The van der Waals surface area contributed by atoms with Crippen LogP contribution in [0.1, 0.15) is 10.5 Å². The van der Waals surface area contributed by atoms with Gasteiger partial charge in [-0.3, -0.25) is 9.48 Å². The van der Waals surface area contributed by atoms with Crippen molar-refractivity contribution in [1.82, 2.24) is 15.0 Å². The number of hydrogen-bond donors (Lipinski definition) is 0. The summed E-state index contributed by atoms with van der Waals surface area (Å²) in [4.78, 5) is 10.7. The summed E-state index contributed by atoms with van der Waals surface area (Å²) >= 11 is 0. The van der Waals surface area contributed by atoms with Gasteiger partial charge in [0.2, 0.25) is 0 Å². The first-order valence-electron chi connectivity index (χ1n) is 4.29.